The van der Waals surface area contributed by atoms with Crippen molar-refractivity contribution >= 4 is 0 Å². The van der Waals surface area contributed by atoms with E-state index in [0.29, 0.717) is 5.41 Å². The van der Waals surface area contributed by atoms with E-state index in [4.69, 9.17) is 14.6 Å². The van der Waals surface area contributed by atoms with Crippen LogP contribution in [0.1, 0.15) is 78.6 Å². The van der Waals surface area contributed by atoms with E-state index in [2.05, 4.69) is 20.8 Å². The molecule has 1 N–H and O–H groups in total. The van der Waals surface area contributed by atoms with Crippen LogP contribution in [0.5, 0.6) is 0 Å². The van der Waals surface area contributed by atoms with Gasteiger partial charge in [0.1, 0.15) is 0 Å². The van der Waals surface area contributed by atoms with Gasteiger partial charge in [-0.3, -0.25) is 0 Å². The molecule has 4 aliphatic rings. The first-order chi connectivity index (χ1) is 11.5. The van der Waals surface area contributed by atoms with E-state index in [1.807, 2.05) is 0 Å². The van der Waals surface area contributed by atoms with Gasteiger partial charge in [0.05, 0.1) is 13.2 Å². The van der Waals surface area contributed by atoms with Gasteiger partial charge in [-0.25, -0.2) is 0 Å². The maximum Gasteiger partial charge on any atom is 0.174 e. The number of hydrogen-bond donors (Lipinski definition) is 1. The highest BCUT2D eigenvalue weighted by Crippen LogP contribution is 2.64. The molecule has 4 rings (SSSR count). The van der Waals surface area contributed by atoms with Crippen LogP contribution in [0.2, 0.25) is 0 Å². The maximum atomic E-state index is 7.00. The summed E-state index contributed by atoms with van der Waals surface area (Å²) in [6, 6.07) is 0. The number of aliphatic hydroxyl groups is 1. The normalized spacial score (nSPS) is 47.1. The zero-order chi connectivity index (χ0) is 17.4. The quantitative estimate of drug-likeness (QED) is 0.748. The summed E-state index contributed by atoms with van der Waals surface area (Å²) in [5, 5.41) is 7.00. The summed E-state index contributed by atoms with van der Waals surface area (Å²) in [5.41, 5.74) is 0.862. The lowest BCUT2D eigenvalue weighted by Crippen LogP contribution is -2.50. The molecular formula is C21H38O3. The zero-order valence-corrected chi connectivity index (χ0v) is 16.3. The van der Waals surface area contributed by atoms with E-state index in [0.717, 1.165) is 44.5 Å². The van der Waals surface area contributed by atoms with E-state index in [9.17, 15) is 0 Å². The molecule has 24 heavy (non-hydrogen) atoms. The summed E-state index contributed by atoms with van der Waals surface area (Å²) in [4.78, 5) is 0. The molecule has 5 unspecified atom stereocenters. The largest absolute Gasteiger partial charge is 0.400 e. The predicted octanol–water partition coefficient (Wildman–Crippen LogP) is 4.77. The summed E-state index contributed by atoms with van der Waals surface area (Å²) < 4.78 is 12.4. The number of rotatable bonds is 1. The molecule has 5 atom stereocenters. The van der Waals surface area contributed by atoms with Gasteiger partial charge >= 0.3 is 0 Å². The molecule has 0 amide bonds. The average Bonchev–Trinajstić information content (AvgIpc) is 3.19. The highest BCUT2D eigenvalue weighted by molar-refractivity contribution is 5.08. The molecule has 0 aromatic carbocycles. The first kappa shape index (κ1) is 18.7. The summed E-state index contributed by atoms with van der Waals surface area (Å²) in [7, 11) is 1.00. The lowest BCUT2D eigenvalue weighted by atomic mass is 9.53. The van der Waals surface area contributed by atoms with Crippen molar-refractivity contribution < 1.29 is 14.6 Å². The Kier molecular flexibility index (Phi) is 5.36. The molecule has 0 bridgehead atoms. The monoisotopic (exact) mass is 338 g/mol. The molecule has 1 spiro atoms. The van der Waals surface area contributed by atoms with Crippen molar-refractivity contribution in [2.45, 2.75) is 84.3 Å². The predicted molar refractivity (Wildman–Crippen MR) is 96.7 cm³/mol. The lowest BCUT2D eigenvalue weighted by molar-refractivity contribution is -0.236. The van der Waals surface area contributed by atoms with Gasteiger partial charge in [0.25, 0.3) is 0 Å². The summed E-state index contributed by atoms with van der Waals surface area (Å²) in [6.45, 7) is 9.21. The Bertz CT molecular complexity index is 431. The molecule has 3 nitrogen and oxygen atoms in total. The third-order valence-corrected chi connectivity index (χ3v) is 8.59. The Labute approximate surface area is 148 Å². The van der Waals surface area contributed by atoms with E-state index >= 15 is 0 Å². The van der Waals surface area contributed by atoms with Gasteiger partial charge in [-0.05, 0) is 55.3 Å². The van der Waals surface area contributed by atoms with Crippen LogP contribution in [0.15, 0.2) is 0 Å². The van der Waals surface area contributed by atoms with Gasteiger partial charge in [0.2, 0.25) is 0 Å². The number of hydrogen-bond acceptors (Lipinski definition) is 3. The van der Waals surface area contributed by atoms with Crippen LogP contribution in [-0.2, 0) is 9.47 Å². The molecule has 0 aromatic heterocycles. The summed E-state index contributed by atoms with van der Waals surface area (Å²) >= 11 is 0. The molecule has 1 aliphatic heterocycles. The van der Waals surface area contributed by atoms with Crippen molar-refractivity contribution in [1.82, 2.24) is 0 Å². The summed E-state index contributed by atoms with van der Waals surface area (Å²) in [5.74, 6) is 2.43. The topological polar surface area (TPSA) is 38.7 Å². The van der Waals surface area contributed by atoms with E-state index in [1.165, 1.54) is 51.4 Å². The molecule has 3 aliphatic carbocycles. The molecule has 1 heterocycles. The van der Waals surface area contributed by atoms with Gasteiger partial charge in [-0.1, -0.05) is 40.0 Å². The Balaban J connectivity index is 0.000000815. The number of ether oxygens (including phenoxy) is 2. The Morgan fingerprint density at radius 3 is 2.17 bits per heavy atom. The molecular weight excluding hydrogens is 300 g/mol. The Morgan fingerprint density at radius 2 is 1.50 bits per heavy atom. The molecule has 0 radical (unpaired) electrons. The van der Waals surface area contributed by atoms with Crippen molar-refractivity contribution in [3.05, 3.63) is 0 Å². The maximum absolute atomic E-state index is 7.00. The minimum Gasteiger partial charge on any atom is -0.400 e. The van der Waals surface area contributed by atoms with Crippen LogP contribution in [0.25, 0.3) is 0 Å². The van der Waals surface area contributed by atoms with Crippen LogP contribution >= 0.6 is 0 Å². The molecule has 140 valence electrons. The smallest absolute Gasteiger partial charge is 0.174 e. The average molecular weight is 339 g/mol. The van der Waals surface area contributed by atoms with Gasteiger partial charge in [-0.15, -0.1) is 0 Å². The molecule has 3 heteroatoms. The zero-order valence-electron chi connectivity index (χ0n) is 16.3. The number of fused-ring (bicyclic) bond motifs is 2. The fourth-order valence-corrected chi connectivity index (χ4v) is 6.65. The van der Waals surface area contributed by atoms with Crippen molar-refractivity contribution in [2.24, 2.45) is 28.6 Å². The molecule has 1 saturated heterocycles. The van der Waals surface area contributed by atoms with Crippen LogP contribution in [0, 0.1) is 28.6 Å². The van der Waals surface area contributed by atoms with Crippen LogP contribution in [0.4, 0.5) is 0 Å². The lowest BCUT2D eigenvalue weighted by Gasteiger charge is -2.53. The van der Waals surface area contributed by atoms with Gasteiger partial charge in [-0.2, -0.15) is 0 Å². The third-order valence-electron chi connectivity index (χ3n) is 8.59. The van der Waals surface area contributed by atoms with Gasteiger partial charge in [0, 0.05) is 18.9 Å². The standard InChI is InChI=1S/C20H34O2.CH4O/c1-15-6-4-5-9-18(15,2)16-7-10-19(3)17(14-16)8-11-20(19)21-12-13-22-20;1-2/h15-17H,4-14H2,1-3H3;2H,1H3. The van der Waals surface area contributed by atoms with Gasteiger partial charge in [0.15, 0.2) is 5.79 Å². The van der Waals surface area contributed by atoms with Gasteiger partial charge < -0.3 is 14.6 Å². The Morgan fingerprint density at radius 1 is 0.833 bits per heavy atom. The second kappa shape index (κ2) is 6.89. The van der Waals surface area contributed by atoms with Crippen LogP contribution in [-0.4, -0.2) is 31.2 Å². The molecule has 3 saturated carbocycles. The first-order valence-corrected chi connectivity index (χ1v) is 10.2. The van der Waals surface area contributed by atoms with E-state index < -0.39 is 0 Å². The molecule has 4 fully saturated rings. The number of aliphatic hydroxyl groups excluding tert-OH is 1. The van der Waals surface area contributed by atoms with Crippen molar-refractivity contribution in [2.75, 3.05) is 20.3 Å². The second-order valence-electron chi connectivity index (χ2n) is 9.23. The van der Waals surface area contributed by atoms with Crippen molar-refractivity contribution in [3.63, 3.8) is 0 Å². The fraction of sp³-hybridized carbons (Fsp3) is 1.00. The van der Waals surface area contributed by atoms with E-state index in [1.54, 1.807) is 0 Å². The summed E-state index contributed by atoms with van der Waals surface area (Å²) in [6.07, 6.45) is 12.4. The SMILES string of the molecule is CC1CCCCC1(C)C1CCC2(C)C(CCC23OCCO3)C1.CO. The van der Waals surface area contributed by atoms with Crippen LogP contribution < -0.4 is 0 Å². The minimum absolute atomic E-state index is 0.221. The second-order valence-corrected chi connectivity index (χ2v) is 9.23. The fourth-order valence-electron chi connectivity index (χ4n) is 6.65. The molecule has 0 aromatic rings. The van der Waals surface area contributed by atoms with Crippen LogP contribution in [0.3, 0.4) is 0 Å². The highest BCUT2D eigenvalue weighted by atomic mass is 16.7. The van der Waals surface area contributed by atoms with Crippen molar-refractivity contribution in [1.29, 1.82) is 0 Å². The highest BCUT2D eigenvalue weighted by Gasteiger charge is 2.63. The first-order valence-electron chi connectivity index (χ1n) is 10.2. The minimum atomic E-state index is -0.221. The third kappa shape index (κ3) is 2.66. The Hall–Kier alpha value is -0.120. The van der Waals surface area contributed by atoms with Crippen molar-refractivity contribution in [3.8, 4) is 0 Å². The van der Waals surface area contributed by atoms with E-state index in [-0.39, 0.29) is 11.2 Å².